The Bertz CT molecular complexity index is 549. The highest BCUT2D eigenvalue weighted by molar-refractivity contribution is 9.10. The molecule has 1 aromatic carbocycles. The van der Waals surface area contributed by atoms with Gasteiger partial charge in [0, 0.05) is 6.54 Å². The number of terminal acetylenes is 1. The lowest BCUT2D eigenvalue weighted by molar-refractivity contribution is 0.0695. The second kappa shape index (κ2) is 5.62. The van der Waals surface area contributed by atoms with Crippen molar-refractivity contribution in [3.8, 4) is 12.3 Å². The topological polar surface area (TPSA) is 40.5 Å². The minimum Gasteiger partial charge on any atom is -0.478 e. The van der Waals surface area contributed by atoms with Crippen molar-refractivity contribution in [3.05, 3.63) is 28.0 Å². The Morgan fingerprint density at radius 1 is 1.58 bits per heavy atom. The van der Waals surface area contributed by atoms with Crippen LogP contribution in [0, 0.1) is 24.1 Å². The highest BCUT2D eigenvalue weighted by Crippen LogP contribution is 2.34. The van der Waals surface area contributed by atoms with E-state index in [9.17, 15) is 9.18 Å². The monoisotopic (exact) mass is 325 g/mol. The van der Waals surface area contributed by atoms with Crippen LogP contribution in [0.5, 0.6) is 0 Å². The van der Waals surface area contributed by atoms with E-state index in [2.05, 4.69) is 21.9 Å². The summed E-state index contributed by atoms with van der Waals surface area (Å²) in [6.45, 7) is 1.02. The van der Waals surface area contributed by atoms with Crippen molar-refractivity contribution in [1.29, 1.82) is 0 Å². The average molecular weight is 326 g/mol. The first kappa shape index (κ1) is 13.9. The summed E-state index contributed by atoms with van der Waals surface area (Å²) < 4.78 is 14.2. The molecule has 0 saturated heterocycles. The van der Waals surface area contributed by atoms with Gasteiger partial charge in [-0.05, 0) is 46.8 Å². The van der Waals surface area contributed by atoms with Crippen LogP contribution in [-0.4, -0.2) is 24.2 Å². The number of benzene rings is 1. The van der Waals surface area contributed by atoms with Crippen LogP contribution in [0.2, 0.25) is 0 Å². The maximum atomic E-state index is 14.2. The van der Waals surface area contributed by atoms with Gasteiger partial charge in [0.1, 0.15) is 0 Å². The first-order valence-corrected chi connectivity index (χ1v) is 6.73. The third-order valence-corrected chi connectivity index (χ3v) is 3.87. The van der Waals surface area contributed by atoms with Gasteiger partial charge in [0.15, 0.2) is 5.82 Å². The average Bonchev–Trinajstić information content (AvgIpc) is 3.15. The molecule has 1 fully saturated rings. The lowest BCUT2D eigenvalue weighted by Crippen LogP contribution is -2.27. The molecule has 1 aliphatic carbocycles. The fourth-order valence-electron chi connectivity index (χ4n) is 1.92. The van der Waals surface area contributed by atoms with Crippen LogP contribution in [0.3, 0.4) is 0 Å². The molecule has 0 radical (unpaired) electrons. The molecule has 0 unspecified atom stereocenters. The molecule has 100 valence electrons. The van der Waals surface area contributed by atoms with Gasteiger partial charge in [-0.15, -0.1) is 6.42 Å². The minimum absolute atomic E-state index is 0.0321. The molecule has 0 aromatic heterocycles. The number of carboxylic acid groups (broad SMARTS) is 1. The third kappa shape index (κ3) is 3.07. The molecule has 1 N–H and O–H groups in total. The van der Waals surface area contributed by atoms with Crippen molar-refractivity contribution < 1.29 is 14.3 Å². The molecule has 0 amide bonds. The van der Waals surface area contributed by atoms with E-state index in [4.69, 9.17) is 11.5 Å². The summed E-state index contributed by atoms with van der Waals surface area (Å²) in [5, 5.41) is 8.94. The van der Waals surface area contributed by atoms with Crippen molar-refractivity contribution >= 4 is 27.6 Å². The maximum absolute atomic E-state index is 14.2. The van der Waals surface area contributed by atoms with E-state index in [1.807, 2.05) is 0 Å². The van der Waals surface area contributed by atoms with Crippen molar-refractivity contribution in [2.24, 2.45) is 5.92 Å². The quantitative estimate of drug-likeness (QED) is 0.845. The predicted molar refractivity (Wildman–Crippen MR) is 74.8 cm³/mol. The van der Waals surface area contributed by atoms with Crippen LogP contribution in [0.1, 0.15) is 23.2 Å². The summed E-state index contributed by atoms with van der Waals surface area (Å²) in [5.41, 5.74) is 0.259. The van der Waals surface area contributed by atoms with Gasteiger partial charge in [-0.3, -0.25) is 0 Å². The summed E-state index contributed by atoms with van der Waals surface area (Å²) in [6, 6.07) is 2.87. The highest BCUT2D eigenvalue weighted by atomic mass is 79.9. The number of hydrogen-bond acceptors (Lipinski definition) is 2. The lowest BCUT2D eigenvalue weighted by atomic mass is 10.1. The maximum Gasteiger partial charge on any atom is 0.336 e. The Hall–Kier alpha value is -1.54. The third-order valence-electron chi connectivity index (χ3n) is 3.09. The Morgan fingerprint density at radius 3 is 2.79 bits per heavy atom. The molecule has 19 heavy (non-hydrogen) atoms. The number of carbonyl (C=O) groups is 1. The zero-order chi connectivity index (χ0) is 14.0. The van der Waals surface area contributed by atoms with Crippen LogP contribution in [-0.2, 0) is 0 Å². The van der Waals surface area contributed by atoms with Crippen molar-refractivity contribution in [1.82, 2.24) is 0 Å². The molecular formula is C14H13BrFNO2. The molecule has 0 heterocycles. The summed E-state index contributed by atoms with van der Waals surface area (Å²) in [7, 11) is 0. The molecule has 0 bridgehead atoms. The number of rotatable bonds is 5. The van der Waals surface area contributed by atoms with E-state index in [-0.39, 0.29) is 10.0 Å². The number of anilines is 1. The normalized spacial score (nSPS) is 13.9. The van der Waals surface area contributed by atoms with E-state index < -0.39 is 11.8 Å². The van der Waals surface area contributed by atoms with Crippen LogP contribution in [0.4, 0.5) is 10.1 Å². The molecule has 0 spiro atoms. The zero-order valence-electron chi connectivity index (χ0n) is 10.2. The van der Waals surface area contributed by atoms with E-state index in [1.54, 1.807) is 4.90 Å². The Morgan fingerprint density at radius 2 is 2.26 bits per heavy atom. The molecule has 0 aliphatic heterocycles. The zero-order valence-corrected chi connectivity index (χ0v) is 11.8. The fourth-order valence-corrected chi connectivity index (χ4v) is 2.42. The number of hydrogen-bond donors (Lipinski definition) is 1. The summed E-state index contributed by atoms with van der Waals surface area (Å²) in [5.74, 6) is 1.33. The van der Waals surface area contributed by atoms with Gasteiger partial charge >= 0.3 is 5.97 Å². The predicted octanol–water partition coefficient (Wildman–Crippen LogP) is 3.14. The largest absolute Gasteiger partial charge is 0.478 e. The van der Waals surface area contributed by atoms with E-state index in [0.29, 0.717) is 24.7 Å². The van der Waals surface area contributed by atoms with Gasteiger partial charge in [0.2, 0.25) is 0 Å². The minimum atomic E-state index is -1.16. The second-order valence-electron chi connectivity index (χ2n) is 4.59. The lowest BCUT2D eigenvalue weighted by Gasteiger charge is -2.23. The van der Waals surface area contributed by atoms with Gasteiger partial charge in [-0.25, -0.2) is 9.18 Å². The first-order valence-electron chi connectivity index (χ1n) is 5.94. The van der Waals surface area contributed by atoms with Gasteiger partial charge in [-0.1, -0.05) is 5.92 Å². The molecule has 1 saturated carbocycles. The summed E-state index contributed by atoms with van der Waals surface area (Å²) in [6.07, 6.45) is 7.58. The van der Waals surface area contributed by atoms with Gasteiger partial charge in [0.25, 0.3) is 0 Å². The fraction of sp³-hybridized carbons (Fsp3) is 0.357. The SMILES string of the molecule is C#CCN(CC1CC1)c1ccc(C(=O)O)c(Br)c1F. The highest BCUT2D eigenvalue weighted by Gasteiger charge is 2.26. The van der Waals surface area contributed by atoms with E-state index >= 15 is 0 Å². The second-order valence-corrected chi connectivity index (χ2v) is 5.39. The number of aromatic carboxylic acids is 1. The van der Waals surface area contributed by atoms with Crippen molar-refractivity contribution in [2.75, 3.05) is 18.0 Å². The number of carboxylic acids is 1. The van der Waals surface area contributed by atoms with E-state index in [0.717, 1.165) is 12.8 Å². The molecular weight excluding hydrogens is 313 g/mol. The van der Waals surface area contributed by atoms with E-state index in [1.165, 1.54) is 12.1 Å². The standard InChI is InChI=1S/C14H13BrFNO2/c1-2-7-17(8-9-3-4-9)11-6-5-10(14(18)19)12(15)13(11)16/h1,5-6,9H,3-4,7-8H2,(H,18,19). The first-order chi connectivity index (χ1) is 9.04. The van der Waals surface area contributed by atoms with Crippen LogP contribution >= 0.6 is 15.9 Å². The van der Waals surface area contributed by atoms with Crippen LogP contribution < -0.4 is 4.90 Å². The van der Waals surface area contributed by atoms with Crippen molar-refractivity contribution in [2.45, 2.75) is 12.8 Å². The Balaban J connectivity index is 2.34. The Kier molecular flexibility index (Phi) is 4.11. The summed E-state index contributed by atoms with van der Waals surface area (Å²) >= 11 is 3.00. The van der Waals surface area contributed by atoms with Crippen LogP contribution in [0.25, 0.3) is 0 Å². The summed E-state index contributed by atoms with van der Waals surface area (Å²) in [4.78, 5) is 12.7. The molecule has 1 aromatic rings. The number of nitrogens with zero attached hydrogens (tertiary/aromatic N) is 1. The molecule has 0 atom stereocenters. The molecule has 2 rings (SSSR count). The van der Waals surface area contributed by atoms with Crippen molar-refractivity contribution in [3.63, 3.8) is 0 Å². The molecule has 1 aliphatic rings. The molecule has 3 nitrogen and oxygen atoms in total. The van der Waals surface area contributed by atoms with Gasteiger partial charge in [0.05, 0.1) is 22.3 Å². The smallest absolute Gasteiger partial charge is 0.336 e. The Labute approximate surface area is 119 Å². The van der Waals surface area contributed by atoms with Gasteiger partial charge in [-0.2, -0.15) is 0 Å². The van der Waals surface area contributed by atoms with Crippen LogP contribution in [0.15, 0.2) is 16.6 Å². The molecule has 5 heteroatoms. The number of halogens is 2. The van der Waals surface area contributed by atoms with Gasteiger partial charge < -0.3 is 10.0 Å².